The Balaban J connectivity index is 2.10. The standard InChI is InChI=1S/C30H43N3O6/c1-4-5-6-7-8-27(37)32-26(18-22-11-15-25(36)16-12-22)29(38)33-28(20(2)3)30(39)31-23(19-34)17-21-9-13-24(35)14-10-21/h9-16,20,23,26,28,34-36H,4-8,17-19H2,1-3H3,(H,31,39)(H,32,37)(H,33,38)/t23-,26-,28-/m0/s1. The van der Waals surface area contributed by atoms with Crippen LogP contribution >= 0.6 is 0 Å². The highest BCUT2D eigenvalue weighted by Gasteiger charge is 2.30. The van der Waals surface area contributed by atoms with Crippen LogP contribution < -0.4 is 16.0 Å². The summed E-state index contributed by atoms with van der Waals surface area (Å²) in [5.41, 5.74) is 1.58. The van der Waals surface area contributed by atoms with Gasteiger partial charge in [-0.2, -0.15) is 0 Å². The highest BCUT2D eigenvalue weighted by molar-refractivity contribution is 5.92. The number of phenols is 2. The van der Waals surface area contributed by atoms with Crippen LogP contribution in [0.3, 0.4) is 0 Å². The maximum atomic E-state index is 13.4. The summed E-state index contributed by atoms with van der Waals surface area (Å²) in [6.07, 6.45) is 4.61. The van der Waals surface area contributed by atoms with Gasteiger partial charge in [-0.05, 0) is 54.2 Å². The molecule has 214 valence electrons. The van der Waals surface area contributed by atoms with Crippen LogP contribution in [0.5, 0.6) is 11.5 Å². The van der Waals surface area contributed by atoms with E-state index in [1.807, 2.05) is 0 Å². The number of phenolic OH excluding ortho intramolecular Hbond substituents is 2. The first kappa shape index (κ1) is 31.6. The van der Waals surface area contributed by atoms with E-state index in [1.165, 1.54) is 24.3 Å². The average molecular weight is 542 g/mol. The smallest absolute Gasteiger partial charge is 0.243 e. The van der Waals surface area contributed by atoms with E-state index in [9.17, 15) is 29.7 Å². The molecule has 2 aromatic carbocycles. The molecule has 0 saturated carbocycles. The molecule has 6 N–H and O–H groups in total. The Morgan fingerprint density at radius 1 is 0.744 bits per heavy atom. The number of benzene rings is 2. The van der Waals surface area contributed by atoms with Gasteiger partial charge >= 0.3 is 0 Å². The number of amides is 3. The van der Waals surface area contributed by atoms with E-state index in [0.29, 0.717) is 12.8 Å². The molecule has 9 nitrogen and oxygen atoms in total. The van der Waals surface area contributed by atoms with Crippen molar-refractivity contribution in [2.24, 2.45) is 5.92 Å². The predicted molar refractivity (Wildman–Crippen MR) is 150 cm³/mol. The molecular formula is C30H43N3O6. The maximum Gasteiger partial charge on any atom is 0.243 e. The van der Waals surface area contributed by atoms with Crippen LogP contribution in [0.4, 0.5) is 0 Å². The monoisotopic (exact) mass is 541 g/mol. The lowest BCUT2D eigenvalue weighted by Gasteiger charge is -2.27. The summed E-state index contributed by atoms with van der Waals surface area (Å²) in [6, 6.07) is 10.5. The molecule has 0 aliphatic heterocycles. The van der Waals surface area contributed by atoms with Crippen LogP contribution in [-0.2, 0) is 27.2 Å². The fraction of sp³-hybridized carbons (Fsp3) is 0.500. The van der Waals surface area contributed by atoms with Gasteiger partial charge in [0.2, 0.25) is 17.7 Å². The lowest BCUT2D eigenvalue weighted by Crippen LogP contribution is -2.57. The molecule has 2 rings (SSSR count). The quantitative estimate of drug-likeness (QED) is 0.180. The Kier molecular flexibility index (Phi) is 13.3. The number of aliphatic hydroxyl groups excluding tert-OH is 1. The van der Waals surface area contributed by atoms with Crippen molar-refractivity contribution >= 4 is 17.7 Å². The van der Waals surface area contributed by atoms with Crippen LogP contribution in [0.25, 0.3) is 0 Å². The molecule has 0 aliphatic carbocycles. The number of rotatable bonds is 16. The Morgan fingerprint density at radius 2 is 1.31 bits per heavy atom. The number of carbonyl (C=O) groups excluding carboxylic acids is 3. The Hall–Kier alpha value is -3.59. The minimum Gasteiger partial charge on any atom is -0.508 e. The average Bonchev–Trinajstić information content (AvgIpc) is 2.91. The normalized spacial score (nSPS) is 13.4. The van der Waals surface area contributed by atoms with E-state index in [1.54, 1.807) is 38.1 Å². The van der Waals surface area contributed by atoms with Gasteiger partial charge in [-0.3, -0.25) is 14.4 Å². The number of unbranched alkanes of at least 4 members (excludes halogenated alkanes) is 3. The summed E-state index contributed by atoms with van der Waals surface area (Å²) in [4.78, 5) is 39.2. The summed E-state index contributed by atoms with van der Waals surface area (Å²) in [6.45, 7) is 5.40. The third-order valence-corrected chi connectivity index (χ3v) is 6.52. The van der Waals surface area contributed by atoms with E-state index in [2.05, 4.69) is 22.9 Å². The first-order valence-corrected chi connectivity index (χ1v) is 13.7. The summed E-state index contributed by atoms with van der Waals surface area (Å²) in [7, 11) is 0. The molecule has 0 unspecified atom stereocenters. The van der Waals surface area contributed by atoms with Crippen LogP contribution in [0.1, 0.15) is 64.0 Å². The van der Waals surface area contributed by atoms with E-state index >= 15 is 0 Å². The van der Waals surface area contributed by atoms with Gasteiger partial charge < -0.3 is 31.3 Å². The predicted octanol–water partition coefficient (Wildman–Crippen LogP) is 2.96. The van der Waals surface area contributed by atoms with Gasteiger partial charge in [0.15, 0.2) is 0 Å². The topological polar surface area (TPSA) is 148 Å². The minimum atomic E-state index is -0.909. The summed E-state index contributed by atoms with van der Waals surface area (Å²) in [5, 5.41) is 37.4. The molecule has 0 heterocycles. The SMILES string of the molecule is CCCCCCC(=O)N[C@@H](Cc1ccc(O)cc1)C(=O)N[C@H](C(=O)N[C@H](CO)Cc1ccc(O)cc1)C(C)C. The summed E-state index contributed by atoms with van der Waals surface area (Å²) >= 11 is 0. The lowest BCUT2D eigenvalue weighted by molar-refractivity contribution is -0.133. The molecule has 0 spiro atoms. The first-order valence-electron chi connectivity index (χ1n) is 13.7. The maximum absolute atomic E-state index is 13.4. The third-order valence-electron chi connectivity index (χ3n) is 6.52. The van der Waals surface area contributed by atoms with Gasteiger partial charge in [0, 0.05) is 12.8 Å². The van der Waals surface area contributed by atoms with E-state index in [0.717, 1.165) is 36.8 Å². The van der Waals surface area contributed by atoms with E-state index in [-0.39, 0.29) is 36.4 Å². The molecule has 2 aromatic rings. The Morgan fingerprint density at radius 3 is 1.82 bits per heavy atom. The van der Waals surface area contributed by atoms with Gasteiger partial charge in [0.25, 0.3) is 0 Å². The number of aliphatic hydroxyl groups is 1. The highest BCUT2D eigenvalue weighted by atomic mass is 16.3. The molecule has 0 saturated heterocycles. The van der Waals surface area contributed by atoms with Crippen molar-refractivity contribution in [3.8, 4) is 11.5 Å². The zero-order valence-corrected chi connectivity index (χ0v) is 23.2. The van der Waals surface area contributed by atoms with Crippen LogP contribution in [0.15, 0.2) is 48.5 Å². The van der Waals surface area contributed by atoms with Crippen molar-refractivity contribution in [1.29, 1.82) is 0 Å². The lowest BCUT2D eigenvalue weighted by atomic mass is 9.99. The van der Waals surface area contributed by atoms with Crippen molar-refractivity contribution < 1.29 is 29.7 Å². The fourth-order valence-electron chi connectivity index (χ4n) is 4.21. The molecule has 0 aromatic heterocycles. The molecule has 0 bridgehead atoms. The molecule has 3 atom stereocenters. The van der Waals surface area contributed by atoms with Crippen LogP contribution in [-0.4, -0.2) is 57.8 Å². The molecular weight excluding hydrogens is 498 g/mol. The van der Waals surface area contributed by atoms with Gasteiger partial charge in [0.05, 0.1) is 12.6 Å². The molecule has 39 heavy (non-hydrogen) atoms. The fourth-order valence-corrected chi connectivity index (χ4v) is 4.21. The van der Waals surface area contributed by atoms with Crippen molar-refractivity contribution in [1.82, 2.24) is 16.0 Å². The molecule has 0 aliphatic rings. The third kappa shape index (κ3) is 11.4. The van der Waals surface area contributed by atoms with Crippen LogP contribution in [0.2, 0.25) is 0 Å². The van der Waals surface area contributed by atoms with E-state index < -0.39 is 29.9 Å². The zero-order chi connectivity index (χ0) is 28.8. The number of carbonyl (C=O) groups is 3. The number of nitrogens with one attached hydrogen (secondary N) is 3. The second-order valence-corrected chi connectivity index (χ2v) is 10.3. The number of hydrogen-bond acceptors (Lipinski definition) is 6. The highest BCUT2D eigenvalue weighted by Crippen LogP contribution is 2.14. The van der Waals surface area contributed by atoms with Gasteiger partial charge in [-0.15, -0.1) is 0 Å². The van der Waals surface area contributed by atoms with Crippen molar-refractivity contribution in [2.45, 2.75) is 83.8 Å². The molecule has 9 heteroatoms. The summed E-state index contributed by atoms with van der Waals surface area (Å²) < 4.78 is 0. The van der Waals surface area contributed by atoms with Crippen LogP contribution in [0, 0.1) is 5.92 Å². The first-order chi connectivity index (χ1) is 18.6. The number of hydrogen-bond donors (Lipinski definition) is 6. The van der Waals surface area contributed by atoms with Gasteiger partial charge in [-0.25, -0.2) is 0 Å². The van der Waals surface area contributed by atoms with E-state index in [4.69, 9.17) is 0 Å². The Labute approximate surface area is 231 Å². The zero-order valence-electron chi connectivity index (χ0n) is 23.2. The molecule has 0 radical (unpaired) electrons. The number of aromatic hydroxyl groups is 2. The van der Waals surface area contributed by atoms with Crippen molar-refractivity contribution in [3.05, 3.63) is 59.7 Å². The summed E-state index contributed by atoms with van der Waals surface area (Å²) in [5.74, 6) is -1.20. The van der Waals surface area contributed by atoms with Crippen molar-refractivity contribution in [2.75, 3.05) is 6.61 Å². The second-order valence-electron chi connectivity index (χ2n) is 10.3. The second kappa shape index (κ2) is 16.4. The molecule has 3 amide bonds. The molecule has 0 fully saturated rings. The minimum absolute atomic E-state index is 0.0991. The largest absolute Gasteiger partial charge is 0.508 e. The van der Waals surface area contributed by atoms with Gasteiger partial charge in [0.1, 0.15) is 23.6 Å². The Bertz CT molecular complexity index is 1040. The van der Waals surface area contributed by atoms with Gasteiger partial charge in [-0.1, -0.05) is 64.3 Å². The van der Waals surface area contributed by atoms with Crippen molar-refractivity contribution in [3.63, 3.8) is 0 Å².